The number of benzene rings is 2. The first-order valence-corrected chi connectivity index (χ1v) is 7.82. The zero-order valence-corrected chi connectivity index (χ0v) is 14.0. The number of fused-ring (bicyclic) bond motifs is 1. The fraction of sp³-hybridized carbons (Fsp3) is 0.200. The number of anilines is 1. The fourth-order valence-electron chi connectivity index (χ4n) is 3.19. The molecule has 1 N–H and O–H groups in total. The third-order valence-corrected chi connectivity index (χ3v) is 4.51. The summed E-state index contributed by atoms with van der Waals surface area (Å²) in [7, 11) is 2.06. The van der Waals surface area contributed by atoms with Gasteiger partial charge in [0.2, 0.25) is 0 Å². The normalized spacial score (nSPS) is 17.5. The zero-order chi connectivity index (χ0) is 17.3. The van der Waals surface area contributed by atoms with Gasteiger partial charge in [-0.1, -0.05) is 32.0 Å². The van der Waals surface area contributed by atoms with Gasteiger partial charge in [0, 0.05) is 30.1 Å². The third kappa shape index (κ3) is 2.71. The summed E-state index contributed by atoms with van der Waals surface area (Å²) in [5.74, 6) is -0.931. The number of carboxylic acid groups (broad SMARTS) is 1. The number of likely N-dealkylation sites (N-methyl/N-ethyl adjacent to an activating group) is 1. The molecule has 0 aliphatic carbocycles. The molecule has 1 aliphatic rings. The van der Waals surface area contributed by atoms with Crippen molar-refractivity contribution in [2.75, 3.05) is 11.9 Å². The summed E-state index contributed by atoms with van der Waals surface area (Å²) in [5, 5.41) is 8.91. The lowest BCUT2D eigenvalue weighted by atomic mass is 9.84. The highest BCUT2D eigenvalue weighted by molar-refractivity contribution is 5.88. The number of para-hydroxylation sites is 1. The van der Waals surface area contributed by atoms with Gasteiger partial charge in [0.15, 0.2) is 0 Å². The number of carboxylic acids is 1. The first-order valence-electron chi connectivity index (χ1n) is 7.82. The summed E-state index contributed by atoms with van der Waals surface area (Å²) in [6.45, 7) is 4.41. The van der Waals surface area contributed by atoms with Crippen LogP contribution >= 0.6 is 0 Å². The van der Waals surface area contributed by atoms with Gasteiger partial charge in [0.05, 0.1) is 11.3 Å². The Balaban J connectivity index is 1.86. The Hall–Kier alpha value is -2.88. The van der Waals surface area contributed by atoms with Crippen molar-refractivity contribution in [1.82, 2.24) is 0 Å². The highest BCUT2D eigenvalue weighted by Crippen LogP contribution is 2.46. The lowest BCUT2D eigenvalue weighted by Gasteiger charge is -2.23. The summed E-state index contributed by atoms with van der Waals surface area (Å²) in [4.78, 5) is 17.5. The molecule has 0 aromatic heterocycles. The molecule has 3 rings (SSSR count). The van der Waals surface area contributed by atoms with E-state index in [0.29, 0.717) is 0 Å². The fourth-order valence-corrected chi connectivity index (χ4v) is 3.19. The van der Waals surface area contributed by atoms with Crippen LogP contribution in [0.25, 0.3) is 0 Å². The molecule has 24 heavy (non-hydrogen) atoms. The van der Waals surface area contributed by atoms with Crippen molar-refractivity contribution in [3.05, 3.63) is 71.4 Å². The molecule has 0 spiro atoms. The molecule has 4 heteroatoms. The van der Waals surface area contributed by atoms with Gasteiger partial charge in [-0.3, -0.25) is 4.99 Å². The standard InChI is InChI=1S/C20H20N2O2/c1-20(2)16-6-4-5-7-17(16)22(3)18(20)12-13-21-15-10-8-14(9-11-15)19(23)24/h4-13H,1-3H3,(H,23,24)/b18-12+,21-13?. The van der Waals surface area contributed by atoms with E-state index in [4.69, 9.17) is 5.11 Å². The van der Waals surface area contributed by atoms with E-state index >= 15 is 0 Å². The number of rotatable bonds is 3. The minimum atomic E-state index is -0.931. The van der Waals surface area contributed by atoms with Crippen LogP contribution in [0, 0.1) is 0 Å². The first-order chi connectivity index (χ1) is 11.4. The van der Waals surface area contributed by atoms with Gasteiger partial charge in [-0.2, -0.15) is 0 Å². The Bertz CT molecular complexity index is 833. The first kappa shape index (κ1) is 16.0. The van der Waals surface area contributed by atoms with Crippen LogP contribution in [0.1, 0.15) is 29.8 Å². The van der Waals surface area contributed by atoms with Crippen LogP contribution in [0.2, 0.25) is 0 Å². The van der Waals surface area contributed by atoms with E-state index in [1.807, 2.05) is 12.1 Å². The predicted molar refractivity (Wildman–Crippen MR) is 97.5 cm³/mol. The van der Waals surface area contributed by atoms with Crippen LogP contribution in [0.15, 0.2) is 65.3 Å². The van der Waals surface area contributed by atoms with Crippen LogP contribution in [-0.4, -0.2) is 24.3 Å². The van der Waals surface area contributed by atoms with E-state index in [9.17, 15) is 4.79 Å². The maximum atomic E-state index is 10.9. The molecule has 0 radical (unpaired) electrons. The molecule has 0 saturated carbocycles. The molecular weight excluding hydrogens is 300 g/mol. The SMILES string of the molecule is CN1/C(=C/C=Nc2ccc(C(=O)O)cc2)C(C)(C)c2ccccc21. The summed E-state index contributed by atoms with van der Waals surface area (Å²) in [6, 6.07) is 14.9. The molecule has 0 atom stereocenters. The predicted octanol–water partition coefficient (Wildman–Crippen LogP) is 4.40. The van der Waals surface area contributed by atoms with Crippen LogP contribution in [0.4, 0.5) is 11.4 Å². The number of allylic oxidation sites excluding steroid dienone is 2. The van der Waals surface area contributed by atoms with Gasteiger partial charge in [-0.15, -0.1) is 0 Å². The number of hydrogen-bond acceptors (Lipinski definition) is 3. The van der Waals surface area contributed by atoms with Gasteiger partial charge in [0.25, 0.3) is 0 Å². The van der Waals surface area contributed by atoms with Crippen molar-refractivity contribution in [2.24, 2.45) is 4.99 Å². The quantitative estimate of drug-likeness (QED) is 0.853. The number of carbonyl (C=O) groups is 1. The summed E-state index contributed by atoms with van der Waals surface area (Å²) in [5.41, 5.74) is 4.61. The molecule has 0 amide bonds. The van der Waals surface area contributed by atoms with Crippen molar-refractivity contribution >= 4 is 23.6 Å². The van der Waals surface area contributed by atoms with Crippen molar-refractivity contribution < 1.29 is 9.90 Å². The van der Waals surface area contributed by atoms with E-state index in [1.54, 1.807) is 30.5 Å². The minimum absolute atomic E-state index is 0.0788. The zero-order valence-electron chi connectivity index (χ0n) is 14.0. The molecule has 2 aromatic carbocycles. The van der Waals surface area contributed by atoms with E-state index in [1.165, 1.54) is 16.9 Å². The molecule has 1 heterocycles. The Kier molecular flexibility index (Phi) is 3.97. The van der Waals surface area contributed by atoms with Gasteiger partial charge in [0.1, 0.15) is 0 Å². The van der Waals surface area contributed by atoms with Crippen LogP contribution in [-0.2, 0) is 5.41 Å². The van der Waals surface area contributed by atoms with Gasteiger partial charge < -0.3 is 10.0 Å². The summed E-state index contributed by atoms with van der Waals surface area (Å²) < 4.78 is 0. The number of aliphatic imine (C=N–C) groups is 1. The monoisotopic (exact) mass is 320 g/mol. The van der Waals surface area contributed by atoms with Crippen LogP contribution < -0.4 is 4.90 Å². The Morgan fingerprint density at radius 2 is 1.79 bits per heavy atom. The summed E-state index contributed by atoms with van der Waals surface area (Å²) >= 11 is 0. The highest BCUT2D eigenvalue weighted by atomic mass is 16.4. The second-order valence-corrected chi connectivity index (χ2v) is 6.38. The smallest absolute Gasteiger partial charge is 0.335 e. The maximum Gasteiger partial charge on any atom is 0.335 e. The molecular formula is C20H20N2O2. The lowest BCUT2D eigenvalue weighted by molar-refractivity contribution is 0.0697. The Morgan fingerprint density at radius 1 is 1.12 bits per heavy atom. The largest absolute Gasteiger partial charge is 0.478 e. The average molecular weight is 320 g/mol. The minimum Gasteiger partial charge on any atom is -0.478 e. The number of nitrogens with zero attached hydrogens (tertiary/aromatic N) is 2. The maximum absolute atomic E-state index is 10.9. The van der Waals surface area contributed by atoms with Crippen LogP contribution in [0.5, 0.6) is 0 Å². The Morgan fingerprint density at radius 3 is 2.42 bits per heavy atom. The van der Waals surface area contributed by atoms with Crippen molar-refractivity contribution in [2.45, 2.75) is 19.3 Å². The van der Waals surface area contributed by atoms with Gasteiger partial charge in [-0.05, 0) is 42.0 Å². The van der Waals surface area contributed by atoms with Gasteiger partial charge in [-0.25, -0.2) is 4.79 Å². The van der Waals surface area contributed by atoms with Crippen molar-refractivity contribution in [1.29, 1.82) is 0 Å². The van der Waals surface area contributed by atoms with Crippen LogP contribution in [0.3, 0.4) is 0 Å². The molecule has 4 nitrogen and oxygen atoms in total. The lowest BCUT2D eigenvalue weighted by Crippen LogP contribution is -2.22. The van der Waals surface area contributed by atoms with E-state index in [-0.39, 0.29) is 11.0 Å². The van der Waals surface area contributed by atoms with Crippen molar-refractivity contribution in [3.8, 4) is 0 Å². The molecule has 122 valence electrons. The topological polar surface area (TPSA) is 52.9 Å². The van der Waals surface area contributed by atoms with E-state index < -0.39 is 5.97 Å². The van der Waals surface area contributed by atoms with Gasteiger partial charge >= 0.3 is 5.97 Å². The molecule has 2 aromatic rings. The molecule has 0 unspecified atom stereocenters. The number of aromatic carboxylic acids is 1. The average Bonchev–Trinajstić information content (AvgIpc) is 2.76. The highest BCUT2D eigenvalue weighted by Gasteiger charge is 2.37. The number of hydrogen-bond donors (Lipinski definition) is 1. The Labute approximate surface area is 141 Å². The van der Waals surface area contributed by atoms with E-state index in [2.05, 4.69) is 49.0 Å². The van der Waals surface area contributed by atoms with E-state index in [0.717, 1.165) is 5.69 Å². The summed E-state index contributed by atoms with van der Waals surface area (Å²) in [6.07, 6.45) is 3.79. The molecule has 1 aliphatic heterocycles. The van der Waals surface area contributed by atoms with Crippen molar-refractivity contribution in [3.63, 3.8) is 0 Å². The molecule has 0 saturated heterocycles. The third-order valence-electron chi connectivity index (χ3n) is 4.51. The molecule has 0 fully saturated rings. The molecule has 0 bridgehead atoms. The second kappa shape index (κ2) is 5.96. The second-order valence-electron chi connectivity index (χ2n) is 6.38.